The van der Waals surface area contributed by atoms with Gasteiger partial charge >= 0.3 is 7.82 Å². The average molecular weight is 766 g/mol. The molecule has 0 heterocycles. The molecular formula is C39H76NO11P. The van der Waals surface area contributed by atoms with Gasteiger partial charge in [0.25, 0.3) is 0 Å². The van der Waals surface area contributed by atoms with E-state index in [1.807, 2.05) is 6.08 Å². The largest absolute Gasteiger partial charge is 0.472 e. The highest BCUT2D eigenvalue weighted by molar-refractivity contribution is 7.47. The minimum absolute atomic E-state index is 0.215. The number of aliphatic hydroxyl groups excluding tert-OH is 6. The molecule has 308 valence electrons. The molecule has 8 N–H and O–H groups in total. The second-order valence-corrected chi connectivity index (χ2v) is 16.2. The van der Waals surface area contributed by atoms with E-state index in [0.29, 0.717) is 6.42 Å². The maximum atomic E-state index is 12.8. The number of carbonyl (C=O) groups is 1. The smallest absolute Gasteiger partial charge is 0.387 e. The van der Waals surface area contributed by atoms with Crippen LogP contribution in [0.2, 0.25) is 0 Å². The molecule has 0 aromatic rings. The SMILES string of the molecule is CCCCCCCCCCCCCCCCC/C=C/[C@@H](O)[C@H](COP(=O)(O)OC1C(O)C(O)C(O)[C@@H](O)C1O)NC(=O)CCCCCCCCCC. The zero-order chi connectivity index (χ0) is 38.6. The molecule has 0 bridgehead atoms. The average Bonchev–Trinajstić information content (AvgIpc) is 3.12. The van der Waals surface area contributed by atoms with Crippen molar-refractivity contribution >= 4 is 13.7 Å². The standard InChI is InChI=1S/C39H76NO11P/c1-3-5-7-9-11-13-14-15-16-17-18-19-20-21-22-24-26-28-32(41)31(40-33(42)29-27-25-23-12-10-8-6-4-2)30-50-52(48,49)51-39-37(46)35(44)34(43)36(45)38(39)47/h26,28,31-32,34-39,41,43-47H,3-25,27,29-30H2,1-2H3,(H,40,42)(H,48,49)/b28-26+/t31-,32+,34?,35+,36?,37?,38?,39?/m0/s1. The van der Waals surface area contributed by atoms with Crippen LogP contribution in [0.5, 0.6) is 0 Å². The summed E-state index contributed by atoms with van der Waals surface area (Å²) in [7, 11) is -5.06. The van der Waals surface area contributed by atoms with Gasteiger partial charge in [0.05, 0.1) is 18.8 Å². The molecule has 0 saturated heterocycles. The van der Waals surface area contributed by atoms with Gasteiger partial charge in [-0.15, -0.1) is 0 Å². The van der Waals surface area contributed by atoms with E-state index in [9.17, 15) is 44.9 Å². The summed E-state index contributed by atoms with van der Waals surface area (Å²) < 4.78 is 22.8. The number of carbonyl (C=O) groups excluding carboxylic acids is 1. The summed E-state index contributed by atoms with van der Waals surface area (Å²) in [6.45, 7) is 3.78. The van der Waals surface area contributed by atoms with Crippen LogP contribution in [-0.4, -0.2) is 96.8 Å². The van der Waals surface area contributed by atoms with Gasteiger partial charge < -0.3 is 40.8 Å². The second kappa shape index (κ2) is 30.3. The van der Waals surface area contributed by atoms with Gasteiger partial charge in [-0.2, -0.15) is 0 Å². The molecule has 1 saturated carbocycles. The van der Waals surface area contributed by atoms with Gasteiger partial charge in [-0.25, -0.2) is 4.57 Å². The molecule has 0 aromatic carbocycles. The third kappa shape index (κ3) is 22.5. The van der Waals surface area contributed by atoms with Crippen LogP contribution in [0.15, 0.2) is 12.2 Å². The third-order valence-corrected chi connectivity index (χ3v) is 11.1. The Bertz CT molecular complexity index is 941. The molecular weight excluding hydrogens is 689 g/mol. The van der Waals surface area contributed by atoms with E-state index in [-0.39, 0.29) is 12.3 Å². The molecule has 0 spiro atoms. The van der Waals surface area contributed by atoms with Gasteiger partial charge in [0.1, 0.15) is 36.6 Å². The number of hydrogen-bond donors (Lipinski definition) is 8. The van der Waals surface area contributed by atoms with E-state index in [2.05, 4.69) is 19.2 Å². The topological polar surface area (TPSA) is 206 Å². The van der Waals surface area contributed by atoms with Gasteiger partial charge in [-0.05, 0) is 19.3 Å². The van der Waals surface area contributed by atoms with Crippen molar-refractivity contribution in [3.63, 3.8) is 0 Å². The fraction of sp³-hybridized carbons (Fsp3) is 0.923. The number of rotatable bonds is 33. The molecule has 6 unspecified atom stereocenters. The highest BCUT2D eigenvalue weighted by Gasteiger charge is 2.51. The van der Waals surface area contributed by atoms with Crippen LogP contribution in [0.25, 0.3) is 0 Å². The molecule has 13 heteroatoms. The molecule has 1 amide bonds. The number of amides is 1. The van der Waals surface area contributed by atoms with Crippen LogP contribution in [0, 0.1) is 0 Å². The fourth-order valence-electron chi connectivity index (χ4n) is 6.61. The van der Waals surface area contributed by atoms with E-state index in [1.165, 1.54) is 109 Å². The Balaban J connectivity index is 2.52. The normalized spacial score (nSPS) is 24.6. The first-order valence-electron chi connectivity index (χ1n) is 20.6. The lowest BCUT2D eigenvalue weighted by Crippen LogP contribution is -2.64. The van der Waals surface area contributed by atoms with Crippen molar-refractivity contribution in [1.82, 2.24) is 5.32 Å². The first-order valence-corrected chi connectivity index (χ1v) is 22.1. The minimum atomic E-state index is -5.06. The maximum Gasteiger partial charge on any atom is 0.472 e. The molecule has 1 fully saturated rings. The summed E-state index contributed by atoms with van der Waals surface area (Å²) in [4.78, 5) is 23.2. The number of phosphoric acid groups is 1. The van der Waals surface area contributed by atoms with E-state index in [1.54, 1.807) is 0 Å². The number of phosphoric ester groups is 1. The van der Waals surface area contributed by atoms with Gasteiger partial charge in [0.2, 0.25) is 5.91 Å². The lowest BCUT2D eigenvalue weighted by molar-refractivity contribution is -0.220. The molecule has 52 heavy (non-hydrogen) atoms. The van der Waals surface area contributed by atoms with Crippen LogP contribution in [0.3, 0.4) is 0 Å². The van der Waals surface area contributed by atoms with Gasteiger partial charge in [-0.1, -0.05) is 161 Å². The third-order valence-electron chi connectivity index (χ3n) is 10.1. The summed E-state index contributed by atoms with van der Waals surface area (Å²) >= 11 is 0. The number of aliphatic hydroxyl groups is 6. The molecule has 0 aromatic heterocycles. The van der Waals surface area contributed by atoms with Crippen molar-refractivity contribution in [2.24, 2.45) is 0 Å². The number of allylic oxidation sites excluding steroid dienone is 1. The summed E-state index contributed by atoms with van der Waals surface area (Å²) in [6.07, 6.45) is 18.8. The van der Waals surface area contributed by atoms with Crippen molar-refractivity contribution in [3.05, 3.63) is 12.2 Å². The molecule has 0 aliphatic heterocycles. The predicted octanol–water partition coefficient (Wildman–Crippen LogP) is 6.50. The van der Waals surface area contributed by atoms with Crippen LogP contribution < -0.4 is 5.32 Å². The van der Waals surface area contributed by atoms with Gasteiger partial charge in [-0.3, -0.25) is 13.8 Å². The second-order valence-electron chi connectivity index (χ2n) is 14.8. The Morgan fingerprint density at radius 1 is 0.635 bits per heavy atom. The molecule has 12 nitrogen and oxygen atoms in total. The van der Waals surface area contributed by atoms with Crippen molar-refractivity contribution in [2.45, 2.75) is 223 Å². The monoisotopic (exact) mass is 766 g/mol. The quantitative estimate of drug-likeness (QED) is 0.0206. The summed E-state index contributed by atoms with van der Waals surface area (Å²) in [6, 6.07) is -1.11. The van der Waals surface area contributed by atoms with E-state index in [0.717, 1.165) is 44.9 Å². The van der Waals surface area contributed by atoms with Crippen molar-refractivity contribution in [1.29, 1.82) is 0 Å². The Kier molecular flexibility index (Phi) is 28.6. The van der Waals surface area contributed by atoms with E-state index < -0.39 is 63.2 Å². The molecule has 9 atom stereocenters. The highest BCUT2D eigenvalue weighted by Crippen LogP contribution is 2.47. The van der Waals surface area contributed by atoms with E-state index >= 15 is 0 Å². The Morgan fingerprint density at radius 2 is 1.02 bits per heavy atom. The predicted molar refractivity (Wildman–Crippen MR) is 205 cm³/mol. The summed E-state index contributed by atoms with van der Waals surface area (Å²) in [5.74, 6) is -0.346. The zero-order valence-electron chi connectivity index (χ0n) is 32.4. The molecule has 1 aliphatic carbocycles. The Morgan fingerprint density at radius 3 is 1.46 bits per heavy atom. The zero-order valence-corrected chi connectivity index (χ0v) is 33.3. The Hall–Kier alpha value is -0.920. The number of unbranched alkanes of at least 4 members (excludes halogenated alkanes) is 22. The van der Waals surface area contributed by atoms with E-state index in [4.69, 9.17) is 9.05 Å². The fourth-order valence-corrected chi connectivity index (χ4v) is 7.57. The van der Waals surface area contributed by atoms with Gasteiger partial charge in [0, 0.05) is 6.42 Å². The lowest BCUT2D eigenvalue weighted by Gasteiger charge is -2.41. The highest BCUT2D eigenvalue weighted by atomic mass is 31.2. The van der Waals surface area contributed by atoms with Crippen molar-refractivity contribution in [2.75, 3.05) is 6.61 Å². The molecule has 0 radical (unpaired) electrons. The van der Waals surface area contributed by atoms with Crippen LogP contribution in [0.4, 0.5) is 0 Å². The van der Waals surface area contributed by atoms with Crippen LogP contribution >= 0.6 is 7.82 Å². The summed E-state index contributed by atoms with van der Waals surface area (Å²) in [5, 5.41) is 63.6. The first kappa shape index (κ1) is 49.1. The summed E-state index contributed by atoms with van der Waals surface area (Å²) in [5.41, 5.74) is 0. The van der Waals surface area contributed by atoms with Gasteiger partial charge in [0.15, 0.2) is 0 Å². The number of nitrogens with one attached hydrogen (secondary N) is 1. The molecule has 1 rings (SSSR count). The Labute approximate surface area is 314 Å². The molecule has 1 aliphatic rings. The maximum absolute atomic E-state index is 12.8. The van der Waals surface area contributed by atoms with Crippen molar-refractivity contribution in [3.8, 4) is 0 Å². The van der Waals surface area contributed by atoms with Crippen LogP contribution in [0.1, 0.15) is 174 Å². The minimum Gasteiger partial charge on any atom is -0.387 e. The number of hydrogen-bond acceptors (Lipinski definition) is 10. The van der Waals surface area contributed by atoms with Crippen molar-refractivity contribution < 1.29 is 53.9 Å². The van der Waals surface area contributed by atoms with Crippen LogP contribution in [-0.2, 0) is 18.4 Å². The lowest BCUT2D eigenvalue weighted by atomic mass is 9.85. The first-order chi connectivity index (χ1) is 24.9.